The molecule has 0 aliphatic carbocycles. The van der Waals surface area contributed by atoms with Crippen molar-refractivity contribution in [3.8, 4) is 17.3 Å². The van der Waals surface area contributed by atoms with Crippen LogP contribution in [0.5, 0.6) is 11.6 Å². The molecule has 37 heavy (non-hydrogen) atoms. The SMILES string of the molecule is COc1ccc([C@H](CC(=O)O)NC(=O)c2cc(OC[C@](C)(O)C(C)(C)C)n(-c3ccccc3F)n2)cc1. The van der Waals surface area contributed by atoms with Crippen LogP contribution in [0.2, 0.25) is 0 Å². The summed E-state index contributed by atoms with van der Waals surface area (Å²) in [6.45, 7) is 7.03. The number of ether oxygens (including phenoxy) is 2. The monoisotopic (exact) mass is 513 g/mol. The minimum absolute atomic E-state index is 0.0407. The first-order chi connectivity index (χ1) is 17.3. The molecule has 3 aromatic rings. The average Bonchev–Trinajstić information content (AvgIpc) is 3.26. The first-order valence-electron chi connectivity index (χ1n) is 11.7. The third-order valence-corrected chi connectivity index (χ3v) is 6.31. The Morgan fingerprint density at radius 3 is 2.32 bits per heavy atom. The number of aromatic nitrogens is 2. The summed E-state index contributed by atoms with van der Waals surface area (Å²) in [6, 6.07) is 13.0. The predicted octanol–water partition coefficient (Wildman–Crippen LogP) is 4.14. The predicted molar refractivity (Wildman–Crippen MR) is 135 cm³/mol. The lowest BCUT2D eigenvalue weighted by Gasteiger charge is -2.36. The van der Waals surface area contributed by atoms with Crippen LogP contribution in [0.3, 0.4) is 0 Å². The number of carbonyl (C=O) groups excluding carboxylic acids is 1. The molecule has 1 heterocycles. The molecule has 0 saturated heterocycles. The average molecular weight is 514 g/mol. The molecule has 0 saturated carbocycles. The van der Waals surface area contributed by atoms with Crippen LogP contribution >= 0.6 is 0 Å². The second-order valence-electron chi connectivity index (χ2n) is 9.94. The van der Waals surface area contributed by atoms with Gasteiger partial charge in [0.2, 0.25) is 5.88 Å². The number of nitrogens with zero attached hydrogens (tertiary/aromatic N) is 2. The van der Waals surface area contributed by atoms with Crippen molar-refractivity contribution in [3.63, 3.8) is 0 Å². The van der Waals surface area contributed by atoms with Crippen LogP contribution in [0.25, 0.3) is 5.69 Å². The van der Waals surface area contributed by atoms with E-state index in [-0.39, 0.29) is 30.3 Å². The maximum absolute atomic E-state index is 14.6. The van der Waals surface area contributed by atoms with Gasteiger partial charge < -0.3 is 25.0 Å². The van der Waals surface area contributed by atoms with Crippen molar-refractivity contribution in [1.29, 1.82) is 0 Å². The first-order valence-corrected chi connectivity index (χ1v) is 11.7. The zero-order valence-corrected chi connectivity index (χ0v) is 21.5. The molecule has 0 bridgehead atoms. The van der Waals surface area contributed by atoms with Gasteiger partial charge in [0.15, 0.2) is 5.69 Å². The topological polar surface area (TPSA) is 123 Å². The van der Waals surface area contributed by atoms with E-state index in [1.807, 2.05) is 20.8 Å². The Morgan fingerprint density at radius 2 is 1.76 bits per heavy atom. The number of amides is 1. The molecule has 0 fully saturated rings. The number of nitrogens with one attached hydrogen (secondary N) is 1. The number of hydrogen-bond acceptors (Lipinski definition) is 6. The van der Waals surface area contributed by atoms with Crippen LogP contribution in [0.1, 0.15) is 56.2 Å². The number of hydrogen-bond donors (Lipinski definition) is 3. The highest BCUT2D eigenvalue weighted by Gasteiger charge is 2.36. The van der Waals surface area contributed by atoms with Crippen molar-refractivity contribution in [2.24, 2.45) is 5.41 Å². The standard InChI is InChI=1S/C27H32FN3O6/c1-26(2,3)27(4,35)16-37-23-14-21(30-31(23)22-9-7-6-8-19(22)28)25(34)29-20(15-24(32)33)17-10-12-18(36-5)13-11-17/h6-14,20,35H,15-16H2,1-5H3,(H,29,34)(H,32,33)/t20-,27-/m0/s1. The molecule has 2 aromatic carbocycles. The van der Waals surface area contributed by atoms with Crippen LogP contribution in [0, 0.1) is 11.2 Å². The van der Waals surface area contributed by atoms with Gasteiger partial charge in [-0.25, -0.2) is 4.39 Å². The second kappa shape index (κ2) is 11.0. The van der Waals surface area contributed by atoms with Crippen LogP contribution < -0.4 is 14.8 Å². The fourth-order valence-corrected chi connectivity index (χ4v) is 3.30. The highest BCUT2D eigenvalue weighted by atomic mass is 19.1. The quantitative estimate of drug-likeness (QED) is 0.372. The fraction of sp³-hybridized carbons (Fsp3) is 0.370. The molecule has 9 nitrogen and oxygen atoms in total. The Balaban J connectivity index is 1.94. The summed E-state index contributed by atoms with van der Waals surface area (Å²) in [7, 11) is 1.51. The fourth-order valence-electron chi connectivity index (χ4n) is 3.30. The molecule has 198 valence electrons. The number of methoxy groups -OCH3 is 1. The first kappa shape index (κ1) is 27.7. The number of carboxylic acids is 1. The highest BCUT2D eigenvalue weighted by molar-refractivity contribution is 5.93. The molecule has 3 N–H and O–H groups in total. The summed E-state index contributed by atoms with van der Waals surface area (Å²) in [5.74, 6) is -1.75. The molecule has 0 aliphatic rings. The van der Waals surface area contributed by atoms with Gasteiger partial charge in [-0.15, -0.1) is 0 Å². The Kier molecular flexibility index (Phi) is 8.22. The van der Waals surface area contributed by atoms with E-state index >= 15 is 0 Å². The molecule has 0 aliphatic heterocycles. The van der Waals surface area contributed by atoms with Crippen molar-refractivity contribution >= 4 is 11.9 Å². The third-order valence-electron chi connectivity index (χ3n) is 6.31. The maximum Gasteiger partial charge on any atom is 0.305 e. The lowest BCUT2D eigenvalue weighted by Crippen LogP contribution is -2.45. The number of benzene rings is 2. The summed E-state index contributed by atoms with van der Waals surface area (Å²) in [4.78, 5) is 24.7. The number of aliphatic hydroxyl groups is 1. The minimum Gasteiger partial charge on any atom is -0.497 e. The van der Waals surface area contributed by atoms with Crippen molar-refractivity contribution in [2.45, 2.75) is 45.8 Å². The number of aliphatic carboxylic acids is 1. The lowest BCUT2D eigenvalue weighted by molar-refractivity contribution is -0.137. The number of carbonyl (C=O) groups is 2. The minimum atomic E-state index is -1.25. The summed E-state index contributed by atoms with van der Waals surface area (Å²) in [5.41, 5.74) is -1.29. The number of para-hydroxylation sites is 1. The third kappa shape index (κ3) is 6.65. The summed E-state index contributed by atoms with van der Waals surface area (Å²) >= 11 is 0. The van der Waals surface area contributed by atoms with E-state index in [0.717, 1.165) is 4.68 Å². The molecule has 2 atom stereocenters. The van der Waals surface area contributed by atoms with Crippen molar-refractivity contribution in [2.75, 3.05) is 13.7 Å². The molecule has 1 aromatic heterocycles. The second-order valence-corrected chi connectivity index (χ2v) is 9.94. The van der Waals surface area contributed by atoms with Gasteiger partial charge >= 0.3 is 5.97 Å². The van der Waals surface area contributed by atoms with Gasteiger partial charge in [0.1, 0.15) is 29.5 Å². The molecule has 0 spiro atoms. The van der Waals surface area contributed by atoms with E-state index in [0.29, 0.717) is 11.3 Å². The number of halogens is 1. The van der Waals surface area contributed by atoms with Gasteiger partial charge in [-0.1, -0.05) is 45.0 Å². The van der Waals surface area contributed by atoms with E-state index in [1.54, 1.807) is 37.3 Å². The zero-order valence-electron chi connectivity index (χ0n) is 21.5. The van der Waals surface area contributed by atoms with Crippen LogP contribution in [0.15, 0.2) is 54.6 Å². The molecular weight excluding hydrogens is 481 g/mol. The van der Waals surface area contributed by atoms with Gasteiger partial charge in [0.25, 0.3) is 5.91 Å². The zero-order chi connectivity index (χ0) is 27.4. The van der Waals surface area contributed by atoms with Crippen molar-refractivity contribution in [1.82, 2.24) is 15.1 Å². The van der Waals surface area contributed by atoms with Gasteiger partial charge in [0.05, 0.1) is 19.6 Å². The number of carboxylic acid groups (broad SMARTS) is 1. The van der Waals surface area contributed by atoms with Crippen molar-refractivity contribution < 1.29 is 33.7 Å². The smallest absolute Gasteiger partial charge is 0.305 e. The largest absolute Gasteiger partial charge is 0.497 e. The molecule has 1 amide bonds. The summed E-state index contributed by atoms with van der Waals surface area (Å²) in [5, 5.41) is 27.2. The van der Waals surface area contributed by atoms with Gasteiger partial charge in [-0.05, 0) is 42.2 Å². The molecule has 3 rings (SSSR count). The van der Waals surface area contributed by atoms with Crippen LogP contribution in [0.4, 0.5) is 4.39 Å². The Morgan fingerprint density at radius 1 is 1.11 bits per heavy atom. The Labute approximate surface area is 214 Å². The van der Waals surface area contributed by atoms with Gasteiger partial charge in [-0.2, -0.15) is 9.78 Å². The van der Waals surface area contributed by atoms with E-state index in [2.05, 4.69) is 10.4 Å². The molecule has 0 radical (unpaired) electrons. The van der Waals surface area contributed by atoms with E-state index in [4.69, 9.17) is 9.47 Å². The van der Waals surface area contributed by atoms with Gasteiger partial charge in [0, 0.05) is 6.07 Å². The van der Waals surface area contributed by atoms with E-state index in [9.17, 15) is 24.2 Å². The van der Waals surface area contributed by atoms with E-state index in [1.165, 1.54) is 31.4 Å². The maximum atomic E-state index is 14.6. The van der Waals surface area contributed by atoms with E-state index < -0.39 is 34.8 Å². The summed E-state index contributed by atoms with van der Waals surface area (Å²) < 4.78 is 26.7. The Hall–Kier alpha value is -3.92. The molecule has 0 unspecified atom stereocenters. The Bertz CT molecular complexity index is 1250. The van der Waals surface area contributed by atoms with Gasteiger partial charge in [-0.3, -0.25) is 9.59 Å². The van der Waals surface area contributed by atoms with Crippen LogP contribution in [-0.4, -0.2) is 51.2 Å². The van der Waals surface area contributed by atoms with Crippen molar-refractivity contribution in [3.05, 3.63) is 71.7 Å². The molecular formula is C27H32FN3O6. The normalized spacial score (nSPS) is 13.9. The number of rotatable bonds is 10. The molecule has 10 heteroatoms. The lowest BCUT2D eigenvalue weighted by atomic mass is 9.78. The summed E-state index contributed by atoms with van der Waals surface area (Å²) in [6.07, 6.45) is -0.371. The highest BCUT2D eigenvalue weighted by Crippen LogP contribution is 2.31. The van der Waals surface area contributed by atoms with Crippen LogP contribution in [-0.2, 0) is 4.79 Å².